The summed E-state index contributed by atoms with van der Waals surface area (Å²) in [6, 6.07) is 0.505. The summed E-state index contributed by atoms with van der Waals surface area (Å²) in [6.07, 6.45) is 5.82. The Morgan fingerprint density at radius 3 is 2.42 bits per heavy atom. The first-order valence-electron chi connectivity index (χ1n) is 7.50. The van der Waals surface area contributed by atoms with E-state index < -0.39 is 9.84 Å². The number of hydrogen-bond acceptors (Lipinski definition) is 3. The molecule has 1 rings (SSSR count). The molecule has 1 saturated carbocycles. The fraction of sp³-hybridized carbons (Fsp3) is 1.00. The van der Waals surface area contributed by atoms with Gasteiger partial charge in [-0.05, 0) is 49.5 Å². The Balaban J connectivity index is 2.61. The number of hydrogen-bond donors (Lipinski definition) is 1. The van der Waals surface area contributed by atoms with E-state index in [0.29, 0.717) is 29.0 Å². The number of nitrogens with one attached hydrogen (secondary N) is 1. The Morgan fingerprint density at radius 1 is 1.26 bits per heavy atom. The molecule has 0 aliphatic heterocycles. The molecule has 4 heteroatoms. The van der Waals surface area contributed by atoms with Gasteiger partial charge in [0.05, 0.1) is 5.75 Å². The van der Waals surface area contributed by atoms with Crippen LogP contribution < -0.4 is 5.32 Å². The summed E-state index contributed by atoms with van der Waals surface area (Å²) >= 11 is 0. The van der Waals surface area contributed by atoms with Gasteiger partial charge in [0.1, 0.15) is 9.84 Å². The molecule has 2 atom stereocenters. The normalized spacial score (nSPS) is 27.7. The van der Waals surface area contributed by atoms with Crippen LogP contribution in [0, 0.1) is 17.3 Å². The maximum atomic E-state index is 11.4. The molecule has 0 bridgehead atoms. The molecule has 3 nitrogen and oxygen atoms in total. The van der Waals surface area contributed by atoms with Crippen molar-refractivity contribution in [3.63, 3.8) is 0 Å². The molecule has 1 N–H and O–H groups in total. The Hall–Kier alpha value is -0.0900. The topological polar surface area (TPSA) is 46.2 Å². The van der Waals surface area contributed by atoms with E-state index in [-0.39, 0.29) is 0 Å². The van der Waals surface area contributed by atoms with Crippen LogP contribution in [0.25, 0.3) is 0 Å². The summed E-state index contributed by atoms with van der Waals surface area (Å²) in [6.45, 7) is 9.98. The van der Waals surface area contributed by atoms with Crippen LogP contribution in [0.1, 0.15) is 53.4 Å². The molecule has 1 fully saturated rings. The van der Waals surface area contributed by atoms with Crippen LogP contribution in [-0.2, 0) is 9.84 Å². The molecule has 114 valence electrons. The monoisotopic (exact) mass is 289 g/mol. The molecule has 0 amide bonds. The molecule has 2 unspecified atom stereocenters. The van der Waals surface area contributed by atoms with Crippen molar-refractivity contribution in [1.82, 2.24) is 5.32 Å². The molecule has 0 aromatic carbocycles. The molecule has 0 aromatic rings. The molecule has 0 radical (unpaired) electrons. The molecule has 19 heavy (non-hydrogen) atoms. The summed E-state index contributed by atoms with van der Waals surface area (Å²) in [4.78, 5) is 0. The first-order chi connectivity index (χ1) is 8.59. The van der Waals surface area contributed by atoms with Crippen molar-refractivity contribution in [2.24, 2.45) is 17.3 Å². The van der Waals surface area contributed by atoms with E-state index in [0.717, 1.165) is 19.4 Å². The molecule has 0 aromatic heterocycles. The van der Waals surface area contributed by atoms with Crippen LogP contribution in [0.15, 0.2) is 0 Å². The van der Waals surface area contributed by atoms with Crippen molar-refractivity contribution in [2.45, 2.75) is 59.4 Å². The maximum Gasteiger partial charge on any atom is 0.147 e. The van der Waals surface area contributed by atoms with Gasteiger partial charge in [-0.2, -0.15) is 0 Å². The minimum absolute atomic E-state index is 0.339. The molecule has 0 heterocycles. The minimum Gasteiger partial charge on any atom is -0.314 e. The zero-order chi connectivity index (χ0) is 14.7. The summed E-state index contributed by atoms with van der Waals surface area (Å²) in [5.74, 6) is 1.52. The zero-order valence-electron chi connectivity index (χ0n) is 13.2. The van der Waals surface area contributed by atoms with Gasteiger partial charge in [0, 0.05) is 12.3 Å². The van der Waals surface area contributed by atoms with Crippen molar-refractivity contribution in [1.29, 1.82) is 0 Å². The Labute approximate surface area is 119 Å². The van der Waals surface area contributed by atoms with E-state index in [4.69, 9.17) is 0 Å². The van der Waals surface area contributed by atoms with E-state index in [9.17, 15) is 8.42 Å². The molecule has 1 aliphatic carbocycles. The Morgan fingerprint density at radius 2 is 1.89 bits per heavy atom. The fourth-order valence-electron chi connectivity index (χ4n) is 3.15. The van der Waals surface area contributed by atoms with Crippen LogP contribution in [-0.4, -0.2) is 33.0 Å². The minimum atomic E-state index is -2.84. The standard InChI is InChI=1S/C15H31NO2S/c1-12(2)16-11-14-6-8-15(3,4)10-13(14)7-9-19(5,17)18/h12-14,16H,6-11H2,1-5H3. The molecule has 1 aliphatic rings. The molecule has 0 saturated heterocycles. The third-order valence-corrected chi connectivity index (χ3v) is 5.30. The first-order valence-corrected chi connectivity index (χ1v) is 9.56. The van der Waals surface area contributed by atoms with Crippen molar-refractivity contribution in [3.05, 3.63) is 0 Å². The Kier molecular flexibility index (Phi) is 5.87. The summed E-state index contributed by atoms with van der Waals surface area (Å²) in [5, 5.41) is 3.52. The number of rotatable bonds is 6. The molecule has 0 spiro atoms. The first kappa shape index (κ1) is 17.0. The third-order valence-electron chi connectivity index (χ3n) is 4.32. The van der Waals surface area contributed by atoms with Gasteiger partial charge < -0.3 is 5.32 Å². The number of sulfone groups is 1. The second-order valence-electron chi connectivity index (χ2n) is 7.41. The third kappa shape index (κ3) is 6.75. The van der Waals surface area contributed by atoms with Gasteiger partial charge in [0.2, 0.25) is 0 Å². The predicted octanol–water partition coefficient (Wildman–Crippen LogP) is 2.86. The van der Waals surface area contributed by atoms with Crippen LogP contribution in [0.5, 0.6) is 0 Å². The lowest BCUT2D eigenvalue weighted by Crippen LogP contribution is -2.38. The van der Waals surface area contributed by atoms with Gasteiger partial charge in [0.25, 0.3) is 0 Å². The van der Waals surface area contributed by atoms with Crippen molar-refractivity contribution in [2.75, 3.05) is 18.6 Å². The van der Waals surface area contributed by atoms with Crippen molar-refractivity contribution >= 4 is 9.84 Å². The SMILES string of the molecule is CC(C)NCC1CCC(C)(C)CC1CCS(C)(=O)=O. The summed E-state index contributed by atoms with van der Waals surface area (Å²) in [5.41, 5.74) is 0.372. The second kappa shape index (κ2) is 6.57. The lowest BCUT2D eigenvalue weighted by molar-refractivity contribution is 0.112. The van der Waals surface area contributed by atoms with Crippen LogP contribution in [0.2, 0.25) is 0 Å². The molecular formula is C15H31NO2S. The summed E-state index contributed by atoms with van der Waals surface area (Å²) < 4.78 is 22.8. The van der Waals surface area contributed by atoms with Crippen LogP contribution in [0.4, 0.5) is 0 Å². The lowest BCUT2D eigenvalue weighted by Gasteiger charge is -2.41. The van der Waals surface area contributed by atoms with E-state index >= 15 is 0 Å². The van der Waals surface area contributed by atoms with Crippen molar-refractivity contribution < 1.29 is 8.42 Å². The van der Waals surface area contributed by atoms with Gasteiger partial charge in [-0.1, -0.05) is 27.7 Å². The van der Waals surface area contributed by atoms with Gasteiger partial charge in [-0.3, -0.25) is 0 Å². The summed E-state index contributed by atoms with van der Waals surface area (Å²) in [7, 11) is -2.84. The van der Waals surface area contributed by atoms with Gasteiger partial charge >= 0.3 is 0 Å². The van der Waals surface area contributed by atoms with Gasteiger partial charge in [0.15, 0.2) is 0 Å². The highest BCUT2D eigenvalue weighted by Gasteiger charge is 2.34. The average molecular weight is 289 g/mol. The smallest absolute Gasteiger partial charge is 0.147 e. The fourth-order valence-corrected chi connectivity index (χ4v) is 3.88. The predicted molar refractivity (Wildman–Crippen MR) is 82.1 cm³/mol. The largest absolute Gasteiger partial charge is 0.314 e. The second-order valence-corrected chi connectivity index (χ2v) is 9.67. The van der Waals surface area contributed by atoms with Gasteiger partial charge in [-0.15, -0.1) is 0 Å². The van der Waals surface area contributed by atoms with Crippen LogP contribution >= 0.6 is 0 Å². The maximum absolute atomic E-state index is 11.4. The highest BCUT2D eigenvalue weighted by atomic mass is 32.2. The quantitative estimate of drug-likeness (QED) is 0.818. The zero-order valence-corrected chi connectivity index (χ0v) is 14.0. The van der Waals surface area contributed by atoms with Gasteiger partial charge in [-0.25, -0.2) is 8.42 Å². The van der Waals surface area contributed by atoms with E-state index in [1.165, 1.54) is 19.1 Å². The molecular weight excluding hydrogens is 258 g/mol. The van der Waals surface area contributed by atoms with E-state index in [2.05, 4.69) is 33.0 Å². The van der Waals surface area contributed by atoms with E-state index in [1.54, 1.807) is 0 Å². The van der Waals surface area contributed by atoms with Crippen LogP contribution in [0.3, 0.4) is 0 Å². The highest BCUT2D eigenvalue weighted by molar-refractivity contribution is 7.90. The van der Waals surface area contributed by atoms with E-state index in [1.807, 2.05) is 0 Å². The Bertz CT molecular complexity index is 372. The highest BCUT2D eigenvalue weighted by Crippen LogP contribution is 2.43. The lowest BCUT2D eigenvalue weighted by atomic mass is 9.66. The van der Waals surface area contributed by atoms with Crippen molar-refractivity contribution in [3.8, 4) is 0 Å². The average Bonchev–Trinajstić information content (AvgIpc) is 2.23.